The molecule has 0 radical (unpaired) electrons. The highest BCUT2D eigenvalue weighted by Crippen LogP contribution is 2.35. The van der Waals surface area contributed by atoms with Crippen LogP contribution < -0.4 is 21.7 Å². The molecule has 0 aromatic heterocycles. The summed E-state index contributed by atoms with van der Waals surface area (Å²) in [5.41, 5.74) is 13.5. The number of aliphatic imine (C=N–C) groups is 2. The van der Waals surface area contributed by atoms with Crippen molar-refractivity contribution in [3.63, 3.8) is 0 Å². The van der Waals surface area contributed by atoms with Gasteiger partial charge in [0.15, 0.2) is 5.78 Å². The summed E-state index contributed by atoms with van der Waals surface area (Å²) in [6.45, 7) is -1.50. The van der Waals surface area contributed by atoms with Crippen LogP contribution in [0.5, 0.6) is 0 Å². The number of ether oxygens (including phenoxy) is 2. The summed E-state index contributed by atoms with van der Waals surface area (Å²) in [5, 5.41) is 17.1. The van der Waals surface area contributed by atoms with Gasteiger partial charge in [-0.2, -0.15) is 0 Å². The number of aromatic carboxylic acids is 1. The van der Waals surface area contributed by atoms with Gasteiger partial charge in [-0.3, -0.25) is 34.0 Å². The van der Waals surface area contributed by atoms with E-state index in [0.29, 0.717) is 35.4 Å². The molecule has 2 atom stereocenters. The maximum Gasteiger partial charge on any atom is 0.335 e. The lowest BCUT2D eigenvalue weighted by molar-refractivity contribution is -0.148. The average molecular weight is 1490 g/mol. The quantitative estimate of drug-likeness (QED) is 0.0238. The van der Waals surface area contributed by atoms with Crippen LogP contribution in [0.3, 0.4) is 0 Å². The number of Topliss-reactive ketones (excluding diaryl/α,β-unsaturated/α-hetero) is 2. The molecule has 2 aliphatic heterocycles. The molecule has 8 aromatic rings. The lowest BCUT2D eigenvalue weighted by atomic mass is 9.98. The third kappa shape index (κ3) is 25.0. The molecule has 6 N–H and O–H groups in total. The summed E-state index contributed by atoms with van der Waals surface area (Å²) in [7, 11) is 0. The zero-order chi connectivity index (χ0) is 74.1. The first-order chi connectivity index (χ1) is 49.3. The van der Waals surface area contributed by atoms with Crippen LogP contribution in [0, 0.1) is 0 Å². The van der Waals surface area contributed by atoms with Crippen molar-refractivity contribution >= 4 is 105 Å². The molecule has 0 aliphatic carbocycles. The standard InChI is InChI=1S/C39H35Cl2F2N3O5.C26H24Cl2N2O4.C13H13F2NO2/c40-32-20-29(27-11-5-2-6-12-27)21-33(41)35(32)37(49)46-34(38(50)51-23-25-8-3-1-4-9-25)15-14-31(47)22-44-36(48)28-13-7-10-26(18-28)19-30-16-17-39(42,43)24-45-30;27-21-13-19(18-9-5-2-6-10-18)14-22(28)24(21)25(32)30-23(12-11-20(31)15-29)26(33)34-16-17-7-3-1-4-8-17;14-13(15)5-4-11(16-8-13)7-9-2-1-3-10(6-9)12(17)18/h1-13,18,20-21,34H,14-17,19,22-24H2,(H,44,48)(H,46,49);1-10,13-14,23H,11-12,15-16,29H2,(H,30,32);1-3,6H,4-5,7-8H2,(H,17,18)/t34-;23-;/m00./s1. The minimum Gasteiger partial charge on any atom is -0.478 e. The number of benzene rings is 8. The van der Waals surface area contributed by atoms with Gasteiger partial charge in [-0.15, -0.1) is 0 Å². The number of carboxylic acid groups (broad SMARTS) is 1. The number of esters is 2. The molecule has 8 aromatic carbocycles. The van der Waals surface area contributed by atoms with Crippen molar-refractivity contribution in [1.82, 2.24) is 16.0 Å². The number of rotatable bonds is 27. The number of hydrogen-bond acceptors (Lipinski definition) is 13. The van der Waals surface area contributed by atoms with Gasteiger partial charge in [0.25, 0.3) is 29.6 Å². The predicted molar refractivity (Wildman–Crippen MR) is 389 cm³/mol. The van der Waals surface area contributed by atoms with E-state index in [2.05, 4.69) is 25.9 Å². The molecular formula is C78H72Cl4F4N6O11. The SMILES string of the molecule is NCC(=O)CC[C@H](NC(=O)c1c(Cl)cc(-c2ccccc2)cc1Cl)C(=O)OCc1ccccc1.O=C(CC[C@H](NC(=O)c1c(Cl)cc(-c2ccccc2)cc1Cl)C(=O)OCc1ccccc1)CNC(=O)c1cccc(CC2=NCC(F)(F)CC2)c1.O=C(O)c1cccc(CC2=NCC(F)(F)CC2)c1. The molecule has 0 saturated heterocycles. The number of ketones is 2. The summed E-state index contributed by atoms with van der Waals surface area (Å²) < 4.78 is 63.6. The molecule has 10 rings (SSSR count). The van der Waals surface area contributed by atoms with E-state index >= 15 is 0 Å². The van der Waals surface area contributed by atoms with E-state index in [1.807, 2.05) is 97.1 Å². The molecule has 0 fully saturated rings. The Balaban J connectivity index is 0.000000220. The van der Waals surface area contributed by atoms with Gasteiger partial charge in [-0.1, -0.05) is 192 Å². The van der Waals surface area contributed by atoms with Crippen LogP contribution in [-0.4, -0.2) is 114 Å². The lowest BCUT2D eigenvalue weighted by Crippen LogP contribution is -2.42. The molecule has 2 aliphatic rings. The first kappa shape index (κ1) is 78.8. The highest BCUT2D eigenvalue weighted by molar-refractivity contribution is 6.41. The smallest absolute Gasteiger partial charge is 0.335 e. The molecular weight excluding hydrogens is 1410 g/mol. The van der Waals surface area contributed by atoms with E-state index in [-0.39, 0.29) is 120 Å². The molecule has 2 heterocycles. The Hall–Kier alpha value is -9.90. The number of halogens is 8. The minimum atomic E-state index is -2.79. The topological polar surface area (TPSA) is 262 Å². The molecule has 0 spiro atoms. The van der Waals surface area contributed by atoms with Crippen molar-refractivity contribution in [1.29, 1.82) is 0 Å². The van der Waals surface area contributed by atoms with Gasteiger partial charge in [-0.25, -0.2) is 31.9 Å². The second-order valence-electron chi connectivity index (χ2n) is 24.2. The van der Waals surface area contributed by atoms with Gasteiger partial charge in [0.2, 0.25) is 0 Å². The second-order valence-corrected chi connectivity index (χ2v) is 25.8. The lowest BCUT2D eigenvalue weighted by Gasteiger charge is -2.20. The van der Waals surface area contributed by atoms with E-state index in [9.17, 15) is 55.9 Å². The summed E-state index contributed by atoms with van der Waals surface area (Å²) in [5.74, 6) is -10.4. The minimum absolute atomic E-state index is 0.0102. The fourth-order valence-electron chi connectivity index (χ4n) is 10.7. The normalized spacial score (nSPS) is 14.0. The van der Waals surface area contributed by atoms with Crippen molar-refractivity contribution in [2.45, 2.75) is 101 Å². The van der Waals surface area contributed by atoms with Crippen LogP contribution in [0.2, 0.25) is 20.1 Å². The second kappa shape index (κ2) is 38.4. The molecule has 0 unspecified atom stereocenters. The molecule has 0 bridgehead atoms. The molecule has 0 saturated carbocycles. The van der Waals surface area contributed by atoms with Crippen molar-refractivity contribution in [2.75, 3.05) is 26.2 Å². The number of carbonyl (C=O) groups is 8. The van der Waals surface area contributed by atoms with Crippen molar-refractivity contribution in [3.05, 3.63) is 259 Å². The monoisotopic (exact) mass is 1480 g/mol. The summed E-state index contributed by atoms with van der Waals surface area (Å²) in [6, 6.07) is 54.2. The zero-order valence-electron chi connectivity index (χ0n) is 55.5. The van der Waals surface area contributed by atoms with Crippen molar-refractivity contribution in [2.24, 2.45) is 15.7 Å². The van der Waals surface area contributed by atoms with E-state index in [1.54, 1.807) is 91.0 Å². The van der Waals surface area contributed by atoms with Crippen LogP contribution >= 0.6 is 46.4 Å². The van der Waals surface area contributed by atoms with E-state index < -0.39 is 78.4 Å². The number of nitrogens with zero attached hydrogens (tertiary/aromatic N) is 2. The van der Waals surface area contributed by atoms with Crippen LogP contribution in [-0.2, 0) is 54.7 Å². The van der Waals surface area contributed by atoms with Gasteiger partial charge in [0.1, 0.15) is 44.2 Å². The Bertz CT molecular complexity index is 4340. The fourth-order valence-corrected chi connectivity index (χ4v) is 12.0. The highest BCUT2D eigenvalue weighted by Gasteiger charge is 2.34. The summed E-state index contributed by atoms with van der Waals surface area (Å²) >= 11 is 25.8. The van der Waals surface area contributed by atoms with E-state index in [4.69, 9.17) is 66.7 Å². The summed E-state index contributed by atoms with van der Waals surface area (Å²) in [6.07, 6.45) is 0.547. The Morgan fingerprint density at radius 2 is 0.835 bits per heavy atom. The number of carboxylic acids is 1. The zero-order valence-corrected chi connectivity index (χ0v) is 58.5. The Morgan fingerprint density at radius 1 is 0.466 bits per heavy atom. The molecule has 17 nitrogen and oxygen atoms in total. The number of amides is 3. The van der Waals surface area contributed by atoms with Crippen LogP contribution in [0.4, 0.5) is 17.6 Å². The van der Waals surface area contributed by atoms with Crippen LogP contribution in [0.15, 0.2) is 204 Å². The first-order valence-electron chi connectivity index (χ1n) is 32.7. The Kier molecular flexibility index (Phi) is 29.4. The highest BCUT2D eigenvalue weighted by atomic mass is 35.5. The van der Waals surface area contributed by atoms with Crippen LogP contribution in [0.25, 0.3) is 22.3 Å². The Morgan fingerprint density at radius 3 is 1.21 bits per heavy atom. The third-order valence-corrected chi connectivity index (χ3v) is 17.5. The Labute approximate surface area is 612 Å². The number of hydrogen-bond donors (Lipinski definition) is 5. The fraction of sp³-hybridized carbons (Fsp3) is 0.256. The number of nitrogens with two attached hydrogens (primary N) is 1. The van der Waals surface area contributed by atoms with E-state index in [1.165, 1.54) is 6.07 Å². The van der Waals surface area contributed by atoms with Gasteiger partial charge in [0.05, 0.1) is 49.9 Å². The first-order valence-corrected chi connectivity index (χ1v) is 34.2. The van der Waals surface area contributed by atoms with Gasteiger partial charge in [-0.05, 0) is 119 Å². The number of alkyl halides is 4. The van der Waals surface area contributed by atoms with E-state index in [0.717, 1.165) is 38.9 Å². The molecule has 3 amide bonds. The number of nitrogens with one attached hydrogen (secondary N) is 3. The van der Waals surface area contributed by atoms with Gasteiger partial charge >= 0.3 is 17.9 Å². The van der Waals surface area contributed by atoms with Gasteiger partial charge < -0.3 is 36.3 Å². The van der Waals surface area contributed by atoms with Crippen LogP contribution in [0.1, 0.15) is 115 Å². The van der Waals surface area contributed by atoms with Crippen molar-refractivity contribution < 1.29 is 70.5 Å². The van der Waals surface area contributed by atoms with Crippen molar-refractivity contribution in [3.8, 4) is 22.3 Å². The predicted octanol–water partition coefficient (Wildman–Crippen LogP) is 15.3. The molecule has 103 heavy (non-hydrogen) atoms. The van der Waals surface area contributed by atoms with Gasteiger partial charge in [0, 0.05) is 55.5 Å². The largest absolute Gasteiger partial charge is 0.478 e. The average Bonchev–Trinajstić information content (AvgIpc) is 0.808. The third-order valence-electron chi connectivity index (χ3n) is 16.3. The molecule has 25 heteroatoms. The summed E-state index contributed by atoms with van der Waals surface area (Å²) in [4.78, 5) is 109. The maximum absolute atomic E-state index is 13.5. The number of carbonyl (C=O) groups excluding carboxylic acids is 7. The molecule has 536 valence electrons. The maximum atomic E-state index is 13.5.